The summed E-state index contributed by atoms with van der Waals surface area (Å²) in [7, 11) is 0. The first-order valence-electron chi connectivity index (χ1n) is 11.6. The van der Waals surface area contributed by atoms with Crippen molar-refractivity contribution in [2.45, 2.75) is 19.2 Å². The summed E-state index contributed by atoms with van der Waals surface area (Å²) in [6, 6.07) is 10.7. The van der Waals surface area contributed by atoms with Crippen LogP contribution in [0, 0.1) is 29.1 Å². The van der Waals surface area contributed by atoms with Crippen LogP contribution in [0.1, 0.15) is 16.7 Å². The van der Waals surface area contributed by atoms with Crippen molar-refractivity contribution in [1.29, 1.82) is 0 Å². The molecular formula is C29H15F11O. The van der Waals surface area contributed by atoms with Crippen molar-refractivity contribution in [2.24, 2.45) is 0 Å². The molecule has 0 amide bonds. The van der Waals surface area contributed by atoms with Crippen LogP contribution in [0.15, 0.2) is 72.8 Å². The van der Waals surface area contributed by atoms with E-state index in [9.17, 15) is 48.3 Å². The lowest BCUT2D eigenvalue weighted by Gasteiger charge is -2.12. The van der Waals surface area contributed by atoms with Crippen molar-refractivity contribution >= 4 is 5.83 Å². The third-order valence-corrected chi connectivity index (χ3v) is 5.98. The monoisotopic (exact) mass is 588 g/mol. The highest BCUT2D eigenvalue weighted by Crippen LogP contribution is 2.34. The quantitative estimate of drug-likeness (QED) is 0.195. The highest BCUT2D eigenvalue weighted by Gasteiger charge is 2.34. The van der Waals surface area contributed by atoms with Gasteiger partial charge in [-0.15, -0.1) is 13.2 Å². The van der Waals surface area contributed by atoms with Crippen LogP contribution in [0.25, 0.3) is 28.1 Å². The van der Waals surface area contributed by atoms with Gasteiger partial charge in [0.05, 0.1) is 5.56 Å². The minimum Gasteiger partial charge on any atom is -0.399 e. The van der Waals surface area contributed by atoms with Gasteiger partial charge in [0.2, 0.25) is 5.75 Å². The molecule has 0 N–H and O–H groups in total. The molecule has 4 aromatic carbocycles. The van der Waals surface area contributed by atoms with E-state index in [1.165, 1.54) is 24.3 Å². The smallest absolute Gasteiger partial charge is 0.399 e. The summed E-state index contributed by atoms with van der Waals surface area (Å²) >= 11 is 0. The molecule has 1 nitrogen and oxygen atoms in total. The van der Waals surface area contributed by atoms with E-state index in [1.807, 2.05) is 0 Å². The topological polar surface area (TPSA) is 9.23 Å². The van der Waals surface area contributed by atoms with Gasteiger partial charge in [-0.05, 0) is 71.0 Å². The van der Waals surface area contributed by atoms with Crippen LogP contribution < -0.4 is 4.74 Å². The molecule has 0 saturated carbocycles. The fourth-order valence-electron chi connectivity index (χ4n) is 4.09. The first-order chi connectivity index (χ1) is 19.2. The lowest BCUT2D eigenvalue weighted by Crippen LogP contribution is -2.19. The highest BCUT2D eigenvalue weighted by molar-refractivity contribution is 5.73. The SMILES string of the molecule is FC(F)=C(F)c1ccc(-c2cc(F)c(-c3ccc(CCc4cc(F)c(OC(F)(F)F)c(F)c4)c(F)c3)c(F)c2)cc1. The summed E-state index contributed by atoms with van der Waals surface area (Å²) in [5.74, 6) is -9.63. The van der Waals surface area contributed by atoms with Gasteiger partial charge >= 0.3 is 12.4 Å². The molecule has 214 valence electrons. The molecule has 0 radical (unpaired) electrons. The Morgan fingerprint density at radius 2 is 1.12 bits per heavy atom. The van der Waals surface area contributed by atoms with E-state index in [4.69, 9.17) is 0 Å². The summed E-state index contributed by atoms with van der Waals surface area (Å²) in [5.41, 5.74) is -1.08. The van der Waals surface area contributed by atoms with E-state index in [1.54, 1.807) is 0 Å². The number of hydrogen-bond donors (Lipinski definition) is 0. The number of alkyl halides is 3. The zero-order chi connectivity index (χ0) is 30.1. The number of benzene rings is 4. The molecule has 4 rings (SSSR count). The van der Waals surface area contributed by atoms with Crippen LogP contribution in [0.3, 0.4) is 0 Å². The third kappa shape index (κ3) is 6.87. The molecule has 0 unspecified atom stereocenters. The molecule has 0 aliphatic carbocycles. The summed E-state index contributed by atoms with van der Waals surface area (Å²) in [6.45, 7) is 0. The van der Waals surface area contributed by atoms with Crippen molar-refractivity contribution in [1.82, 2.24) is 0 Å². The van der Waals surface area contributed by atoms with E-state index in [0.717, 1.165) is 30.3 Å². The van der Waals surface area contributed by atoms with Crippen molar-refractivity contribution < 1.29 is 53.0 Å². The van der Waals surface area contributed by atoms with Gasteiger partial charge in [0.25, 0.3) is 0 Å². The van der Waals surface area contributed by atoms with E-state index in [2.05, 4.69) is 4.74 Å². The fourth-order valence-corrected chi connectivity index (χ4v) is 4.09. The van der Waals surface area contributed by atoms with Crippen LogP contribution in [-0.4, -0.2) is 6.36 Å². The maximum absolute atomic E-state index is 14.9. The van der Waals surface area contributed by atoms with Crippen LogP contribution in [0.5, 0.6) is 5.75 Å². The number of ether oxygens (including phenoxy) is 1. The van der Waals surface area contributed by atoms with Gasteiger partial charge < -0.3 is 4.74 Å². The maximum atomic E-state index is 14.9. The molecule has 0 saturated heterocycles. The third-order valence-electron chi connectivity index (χ3n) is 5.98. The normalized spacial score (nSPS) is 11.5. The van der Waals surface area contributed by atoms with Crippen LogP contribution in [-0.2, 0) is 12.8 Å². The van der Waals surface area contributed by atoms with E-state index < -0.39 is 64.2 Å². The molecule has 4 aromatic rings. The van der Waals surface area contributed by atoms with Gasteiger partial charge in [-0.3, -0.25) is 0 Å². The molecule has 0 bridgehead atoms. The van der Waals surface area contributed by atoms with Crippen molar-refractivity contribution in [3.63, 3.8) is 0 Å². The lowest BCUT2D eigenvalue weighted by atomic mass is 9.96. The zero-order valence-corrected chi connectivity index (χ0v) is 20.3. The van der Waals surface area contributed by atoms with Crippen LogP contribution in [0.4, 0.5) is 48.3 Å². The summed E-state index contributed by atoms with van der Waals surface area (Å²) in [6.07, 6.45) is -8.18. The summed E-state index contributed by atoms with van der Waals surface area (Å²) in [4.78, 5) is 0. The van der Waals surface area contributed by atoms with Crippen molar-refractivity contribution in [3.05, 3.63) is 119 Å². The Bertz CT molecular complexity index is 1570. The predicted octanol–water partition coefficient (Wildman–Crippen LogP) is 9.93. The second-order valence-corrected chi connectivity index (χ2v) is 8.71. The Morgan fingerprint density at radius 1 is 0.585 bits per heavy atom. The molecule has 0 heterocycles. The molecule has 0 atom stereocenters. The largest absolute Gasteiger partial charge is 0.573 e. The van der Waals surface area contributed by atoms with Gasteiger partial charge in [0, 0.05) is 5.56 Å². The minimum atomic E-state index is -5.31. The van der Waals surface area contributed by atoms with Crippen LogP contribution >= 0.6 is 0 Å². The average molecular weight is 588 g/mol. The Labute approximate surface area is 225 Å². The molecule has 0 aliphatic rings. The summed E-state index contributed by atoms with van der Waals surface area (Å²) < 4.78 is 151. The number of aryl methyl sites for hydroxylation is 2. The number of halogens is 11. The van der Waals surface area contributed by atoms with Crippen molar-refractivity contribution in [3.8, 4) is 28.0 Å². The lowest BCUT2D eigenvalue weighted by molar-refractivity contribution is -0.276. The Hall–Kier alpha value is -4.35. The minimum absolute atomic E-state index is 0.00335. The maximum Gasteiger partial charge on any atom is 0.573 e. The van der Waals surface area contributed by atoms with E-state index in [0.29, 0.717) is 12.1 Å². The Kier molecular flexibility index (Phi) is 8.41. The fraction of sp³-hybridized carbons (Fsp3) is 0.103. The molecule has 0 spiro atoms. The predicted molar refractivity (Wildman–Crippen MR) is 128 cm³/mol. The van der Waals surface area contributed by atoms with E-state index in [-0.39, 0.29) is 40.7 Å². The molecular weight excluding hydrogens is 573 g/mol. The van der Waals surface area contributed by atoms with Gasteiger partial charge in [-0.2, -0.15) is 8.78 Å². The Balaban J connectivity index is 1.53. The van der Waals surface area contributed by atoms with E-state index >= 15 is 0 Å². The van der Waals surface area contributed by atoms with Gasteiger partial charge in [-0.1, -0.05) is 36.4 Å². The first kappa shape index (κ1) is 29.6. The number of rotatable bonds is 7. The Morgan fingerprint density at radius 3 is 1.63 bits per heavy atom. The second kappa shape index (κ2) is 11.6. The standard InChI is InChI=1S/C29H15F11O/c30-20-11-18(8-5-16(20)2-1-14-9-23(33)27(24(34)10-14)41-29(38,39)40)25-21(31)12-19(13-22(25)32)15-3-6-17(7-4-15)26(35)28(36)37/h3-13H,1-2H2. The van der Waals surface area contributed by atoms with Gasteiger partial charge in [0.15, 0.2) is 17.5 Å². The number of hydrogen-bond acceptors (Lipinski definition) is 1. The van der Waals surface area contributed by atoms with Gasteiger partial charge in [-0.25, -0.2) is 26.3 Å². The molecule has 0 aliphatic heterocycles. The second-order valence-electron chi connectivity index (χ2n) is 8.71. The molecule has 0 aromatic heterocycles. The average Bonchev–Trinajstić information content (AvgIpc) is 2.89. The zero-order valence-electron chi connectivity index (χ0n) is 20.3. The first-order valence-corrected chi connectivity index (χ1v) is 11.6. The summed E-state index contributed by atoms with van der Waals surface area (Å²) in [5, 5.41) is 0. The van der Waals surface area contributed by atoms with Crippen molar-refractivity contribution in [2.75, 3.05) is 0 Å². The highest BCUT2D eigenvalue weighted by atomic mass is 19.4. The van der Waals surface area contributed by atoms with Crippen LogP contribution in [0.2, 0.25) is 0 Å². The molecule has 12 heteroatoms. The molecule has 41 heavy (non-hydrogen) atoms. The van der Waals surface area contributed by atoms with Gasteiger partial charge in [0.1, 0.15) is 17.5 Å². The molecule has 0 fully saturated rings.